The van der Waals surface area contributed by atoms with E-state index in [1.165, 1.54) is 0 Å². The Labute approximate surface area is 132 Å². The summed E-state index contributed by atoms with van der Waals surface area (Å²) in [5, 5.41) is -2.64. The van der Waals surface area contributed by atoms with Gasteiger partial charge in [0.05, 0.1) is 39.6 Å². The van der Waals surface area contributed by atoms with Crippen molar-refractivity contribution in [3.8, 4) is 0 Å². The summed E-state index contributed by atoms with van der Waals surface area (Å²) < 4.78 is 34.1. The molecule has 0 unspecified atom stereocenters. The summed E-state index contributed by atoms with van der Waals surface area (Å²) >= 11 is 1.10. The Hall–Kier alpha value is 0.110. The van der Waals surface area contributed by atoms with Crippen LogP contribution in [-0.2, 0) is 28.4 Å². The van der Waals surface area contributed by atoms with E-state index in [-0.39, 0.29) is 0 Å². The second kappa shape index (κ2) is 11.6. The van der Waals surface area contributed by atoms with Gasteiger partial charge in [-0.3, -0.25) is 0 Å². The van der Waals surface area contributed by atoms with E-state index in [1.807, 2.05) is 41.5 Å². The van der Waals surface area contributed by atoms with Crippen molar-refractivity contribution in [2.75, 3.05) is 39.6 Å². The van der Waals surface area contributed by atoms with Crippen LogP contribution in [-0.4, -0.2) is 50.3 Å². The van der Waals surface area contributed by atoms with Crippen LogP contribution in [0.1, 0.15) is 41.5 Å². The molecular weight excluding hydrogens is 296 g/mol. The molecule has 0 N–H and O–H groups in total. The fraction of sp³-hybridized carbons (Fsp3) is 1.00. The van der Waals surface area contributed by atoms with Gasteiger partial charge in [0.25, 0.3) is 0 Å². The predicted octanol–water partition coefficient (Wildman–Crippen LogP) is 3.16. The van der Waals surface area contributed by atoms with Crippen LogP contribution in [0.2, 0.25) is 0 Å². The first kappa shape index (κ1) is 21.1. The molecule has 0 aliphatic heterocycles. The van der Waals surface area contributed by atoms with Gasteiger partial charge in [0.15, 0.2) is 0 Å². The standard InChI is InChI=1S/C14H30O6S/c1-7-15-13(16-8-2,17-9-3)21-14(18-10-4,19-11-5)20-12-6/h7-12H2,1-6H3. The lowest BCUT2D eigenvalue weighted by Crippen LogP contribution is -2.46. The van der Waals surface area contributed by atoms with E-state index in [4.69, 9.17) is 28.4 Å². The second-order valence-electron chi connectivity index (χ2n) is 3.70. The first-order chi connectivity index (χ1) is 10.1. The minimum Gasteiger partial charge on any atom is -0.319 e. The Morgan fingerprint density at radius 2 is 0.667 bits per heavy atom. The third kappa shape index (κ3) is 7.27. The van der Waals surface area contributed by atoms with Crippen molar-refractivity contribution >= 4 is 11.8 Å². The number of rotatable bonds is 14. The summed E-state index contributed by atoms with van der Waals surface area (Å²) in [7, 11) is 0. The average molecular weight is 326 g/mol. The van der Waals surface area contributed by atoms with E-state index in [1.54, 1.807) is 0 Å². The molecule has 0 aromatic heterocycles. The summed E-state index contributed by atoms with van der Waals surface area (Å²) in [5.74, 6) is 0. The number of hydrogen-bond acceptors (Lipinski definition) is 7. The summed E-state index contributed by atoms with van der Waals surface area (Å²) in [6, 6.07) is 0. The average Bonchev–Trinajstić information content (AvgIpc) is 2.40. The molecule has 0 aromatic rings. The molecule has 7 heteroatoms. The van der Waals surface area contributed by atoms with Crippen LogP contribution in [0.15, 0.2) is 0 Å². The normalized spacial score (nSPS) is 12.9. The van der Waals surface area contributed by atoms with E-state index in [2.05, 4.69) is 0 Å². The number of thioether (sulfide) groups is 1. The smallest absolute Gasteiger partial charge is 0.319 e. The molecule has 0 heterocycles. The van der Waals surface area contributed by atoms with Crippen LogP contribution >= 0.6 is 11.8 Å². The monoisotopic (exact) mass is 326 g/mol. The lowest BCUT2D eigenvalue weighted by atomic mass is 10.8. The molecule has 0 aliphatic carbocycles. The van der Waals surface area contributed by atoms with Gasteiger partial charge >= 0.3 is 10.6 Å². The van der Waals surface area contributed by atoms with Crippen LogP contribution in [0.5, 0.6) is 0 Å². The first-order valence-corrected chi connectivity index (χ1v) is 8.42. The lowest BCUT2D eigenvalue weighted by molar-refractivity contribution is -0.341. The Morgan fingerprint density at radius 3 is 0.810 bits per heavy atom. The Morgan fingerprint density at radius 1 is 0.476 bits per heavy atom. The molecule has 0 bridgehead atoms. The third-order valence-corrected chi connectivity index (χ3v) is 3.38. The topological polar surface area (TPSA) is 55.4 Å². The molecule has 0 aromatic carbocycles. The molecule has 0 saturated carbocycles. The molecule has 0 fully saturated rings. The minimum atomic E-state index is -1.32. The number of hydrogen-bond donors (Lipinski definition) is 0. The molecular formula is C14H30O6S. The predicted molar refractivity (Wildman–Crippen MR) is 82.8 cm³/mol. The van der Waals surface area contributed by atoms with Gasteiger partial charge in [-0.2, -0.15) is 0 Å². The zero-order valence-corrected chi connectivity index (χ0v) is 14.9. The SMILES string of the molecule is CCOC(OCC)(OCC)SC(OCC)(OCC)OCC. The molecule has 128 valence electrons. The van der Waals surface area contributed by atoms with Gasteiger partial charge in [-0.15, -0.1) is 0 Å². The zero-order chi connectivity index (χ0) is 16.2. The van der Waals surface area contributed by atoms with E-state index in [9.17, 15) is 0 Å². The van der Waals surface area contributed by atoms with Gasteiger partial charge in [-0.25, -0.2) is 0 Å². The van der Waals surface area contributed by atoms with Crippen molar-refractivity contribution < 1.29 is 28.4 Å². The minimum absolute atomic E-state index is 0.424. The number of ether oxygens (including phenoxy) is 6. The van der Waals surface area contributed by atoms with Gasteiger partial charge in [-0.05, 0) is 41.5 Å². The summed E-state index contributed by atoms with van der Waals surface area (Å²) in [4.78, 5) is 0. The van der Waals surface area contributed by atoms with Crippen molar-refractivity contribution in [2.24, 2.45) is 0 Å². The molecule has 21 heavy (non-hydrogen) atoms. The summed E-state index contributed by atoms with van der Waals surface area (Å²) in [6.07, 6.45) is 0. The Balaban J connectivity index is 5.30. The van der Waals surface area contributed by atoms with Gasteiger partial charge < -0.3 is 28.4 Å². The fourth-order valence-corrected chi connectivity index (χ4v) is 3.01. The maximum atomic E-state index is 5.68. The van der Waals surface area contributed by atoms with Gasteiger partial charge in [0, 0.05) is 11.8 Å². The van der Waals surface area contributed by atoms with Crippen molar-refractivity contribution in [2.45, 2.75) is 52.2 Å². The molecule has 0 aliphatic rings. The molecule has 0 atom stereocenters. The quantitative estimate of drug-likeness (QED) is 0.454. The van der Waals surface area contributed by atoms with Crippen LogP contribution in [0.25, 0.3) is 0 Å². The Bertz CT molecular complexity index is 194. The second-order valence-corrected chi connectivity index (χ2v) is 4.90. The molecule has 0 saturated heterocycles. The Kier molecular flexibility index (Phi) is 11.7. The molecule has 0 spiro atoms. The summed E-state index contributed by atoms with van der Waals surface area (Å²) in [5.41, 5.74) is 0. The maximum absolute atomic E-state index is 5.68. The molecule has 6 nitrogen and oxygen atoms in total. The van der Waals surface area contributed by atoms with Crippen LogP contribution in [0, 0.1) is 0 Å². The van der Waals surface area contributed by atoms with Crippen LogP contribution in [0.4, 0.5) is 0 Å². The van der Waals surface area contributed by atoms with Gasteiger partial charge in [-0.1, -0.05) is 0 Å². The van der Waals surface area contributed by atoms with Crippen LogP contribution in [0.3, 0.4) is 0 Å². The van der Waals surface area contributed by atoms with Crippen molar-refractivity contribution in [3.63, 3.8) is 0 Å². The highest BCUT2D eigenvalue weighted by Gasteiger charge is 2.48. The molecule has 0 rings (SSSR count). The highest BCUT2D eigenvalue weighted by Crippen LogP contribution is 2.42. The van der Waals surface area contributed by atoms with E-state index in [0.717, 1.165) is 11.8 Å². The van der Waals surface area contributed by atoms with E-state index >= 15 is 0 Å². The summed E-state index contributed by atoms with van der Waals surface area (Å²) in [6.45, 7) is 13.8. The lowest BCUT2D eigenvalue weighted by Gasteiger charge is -2.39. The largest absolute Gasteiger partial charge is 0.344 e. The van der Waals surface area contributed by atoms with Crippen LogP contribution < -0.4 is 0 Å². The molecule has 0 amide bonds. The first-order valence-electron chi connectivity index (χ1n) is 7.61. The van der Waals surface area contributed by atoms with Crippen molar-refractivity contribution in [1.29, 1.82) is 0 Å². The molecule has 0 radical (unpaired) electrons. The third-order valence-electron chi connectivity index (χ3n) is 2.18. The highest BCUT2D eigenvalue weighted by atomic mass is 32.2. The van der Waals surface area contributed by atoms with E-state index in [0.29, 0.717) is 39.6 Å². The van der Waals surface area contributed by atoms with Crippen molar-refractivity contribution in [3.05, 3.63) is 0 Å². The fourth-order valence-electron chi connectivity index (χ4n) is 1.64. The highest BCUT2D eigenvalue weighted by molar-refractivity contribution is 8.01. The van der Waals surface area contributed by atoms with E-state index < -0.39 is 10.6 Å². The van der Waals surface area contributed by atoms with Gasteiger partial charge in [0.2, 0.25) is 0 Å². The maximum Gasteiger partial charge on any atom is 0.344 e. The van der Waals surface area contributed by atoms with Crippen molar-refractivity contribution in [1.82, 2.24) is 0 Å². The van der Waals surface area contributed by atoms with Gasteiger partial charge in [0.1, 0.15) is 0 Å². The zero-order valence-electron chi connectivity index (χ0n) is 14.1.